The fourth-order valence-corrected chi connectivity index (χ4v) is 3.94. The van der Waals surface area contributed by atoms with E-state index in [1.165, 1.54) is 13.8 Å². The molecule has 180 valence electrons. The molecular formula is C25H38O7. The molecule has 2 N–H and O–H groups in total. The molecule has 32 heavy (non-hydrogen) atoms. The molecule has 0 aromatic carbocycles. The fourth-order valence-electron chi connectivity index (χ4n) is 3.94. The van der Waals surface area contributed by atoms with Gasteiger partial charge < -0.3 is 24.4 Å². The summed E-state index contributed by atoms with van der Waals surface area (Å²) in [5.74, 6) is -1.05. The Balaban J connectivity index is 2.08. The molecule has 0 spiro atoms. The largest absolute Gasteiger partial charge is 0.456 e. The predicted molar refractivity (Wildman–Crippen MR) is 121 cm³/mol. The first-order valence-corrected chi connectivity index (χ1v) is 11.2. The van der Waals surface area contributed by atoms with E-state index in [4.69, 9.17) is 14.2 Å². The monoisotopic (exact) mass is 450 g/mol. The van der Waals surface area contributed by atoms with Crippen molar-refractivity contribution in [3.8, 4) is 0 Å². The van der Waals surface area contributed by atoms with E-state index >= 15 is 0 Å². The molecule has 0 aromatic rings. The van der Waals surface area contributed by atoms with E-state index in [0.717, 1.165) is 0 Å². The van der Waals surface area contributed by atoms with Gasteiger partial charge in [0.15, 0.2) is 0 Å². The molecule has 2 fully saturated rings. The van der Waals surface area contributed by atoms with Gasteiger partial charge in [0.2, 0.25) is 0 Å². The minimum atomic E-state index is -1.35. The summed E-state index contributed by atoms with van der Waals surface area (Å²) in [4.78, 5) is 24.5. The Kier molecular flexibility index (Phi) is 8.13. The van der Waals surface area contributed by atoms with Crippen LogP contribution in [-0.4, -0.2) is 57.8 Å². The van der Waals surface area contributed by atoms with Gasteiger partial charge >= 0.3 is 11.9 Å². The molecule has 1 heterocycles. The van der Waals surface area contributed by atoms with Crippen molar-refractivity contribution in [1.29, 1.82) is 0 Å². The number of allylic oxidation sites excluding steroid dienone is 2. The van der Waals surface area contributed by atoms with Crippen LogP contribution in [-0.2, 0) is 23.8 Å². The zero-order chi connectivity index (χ0) is 24.4. The highest BCUT2D eigenvalue weighted by molar-refractivity contribution is 5.88. The van der Waals surface area contributed by atoms with E-state index in [2.05, 4.69) is 6.58 Å². The van der Waals surface area contributed by atoms with Gasteiger partial charge in [0.1, 0.15) is 17.8 Å². The molecule has 0 bridgehead atoms. The number of carbonyl (C=O) groups excluding carboxylic acids is 2. The normalized spacial score (nSPS) is 30.1. The molecule has 2 rings (SSSR count). The average molecular weight is 451 g/mol. The lowest BCUT2D eigenvalue weighted by Gasteiger charge is -2.35. The Bertz CT molecular complexity index is 804. The third kappa shape index (κ3) is 5.88. The summed E-state index contributed by atoms with van der Waals surface area (Å²) in [6.07, 6.45) is 2.03. The molecule has 7 heteroatoms. The van der Waals surface area contributed by atoms with Crippen LogP contribution in [0.3, 0.4) is 0 Å². The van der Waals surface area contributed by atoms with Gasteiger partial charge in [0, 0.05) is 17.6 Å². The second-order valence-electron chi connectivity index (χ2n) is 9.67. The van der Waals surface area contributed by atoms with Crippen LogP contribution in [0.4, 0.5) is 0 Å². The van der Waals surface area contributed by atoms with Crippen molar-refractivity contribution in [2.24, 2.45) is 5.92 Å². The van der Waals surface area contributed by atoms with Gasteiger partial charge in [-0.05, 0) is 72.8 Å². The Morgan fingerprint density at radius 2 is 1.75 bits per heavy atom. The second kappa shape index (κ2) is 9.89. The SMILES string of the molecule is C=C(C(O)CC(OC(=O)/C(C)=C\C)C(C)(C)O)[C@@H]1C[C@H](OC(=O)/C(C)=C\C)[C@]2(C)O[C@@H]2C1. The molecule has 0 aromatic heterocycles. The van der Waals surface area contributed by atoms with Crippen LogP contribution in [0, 0.1) is 5.92 Å². The first-order valence-electron chi connectivity index (χ1n) is 11.2. The standard InChI is InChI=1S/C25H38O7/c1-9-14(3)22(27)30-19(24(6,7)29)13-18(26)16(5)17-11-20(25(8)21(12-17)32-25)31-23(28)15(4)10-2/h9-10,17-21,26,29H,5,11-13H2,1-4,6-8H3/b14-9-,15-10-/t17-,18?,19?,20+,21-,25+/m1/s1. The number of esters is 2. The minimum absolute atomic E-state index is 0.00644. The number of rotatable bonds is 9. The smallest absolute Gasteiger partial charge is 0.333 e. The van der Waals surface area contributed by atoms with Crippen LogP contribution in [0.1, 0.15) is 67.7 Å². The number of fused-ring (bicyclic) bond motifs is 1. The number of hydrogen-bond acceptors (Lipinski definition) is 7. The summed E-state index contributed by atoms with van der Waals surface area (Å²) in [5.41, 5.74) is -0.359. The first kappa shape index (κ1) is 26.3. The van der Waals surface area contributed by atoms with Crippen molar-refractivity contribution < 1.29 is 34.0 Å². The highest BCUT2D eigenvalue weighted by Crippen LogP contribution is 2.52. The van der Waals surface area contributed by atoms with Gasteiger partial charge in [-0.15, -0.1) is 0 Å². The van der Waals surface area contributed by atoms with E-state index in [1.54, 1.807) is 39.8 Å². The molecular weight excluding hydrogens is 412 g/mol. The minimum Gasteiger partial charge on any atom is -0.456 e. The predicted octanol–water partition coefficient (Wildman–Crippen LogP) is 3.39. The summed E-state index contributed by atoms with van der Waals surface area (Å²) < 4.78 is 17.0. The number of aliphatic hydroxyl groups is 2. The average Bonchev–Trinajstić information content (AvgIpc) is 3.41. The van der Waals surface area contributed by atoms with Gasteiger partial charge in [-0.1, -0.05) is 18.7 Å². The zero-order valence-electron chi connectivity index (χ0n) is 20.3. The molecule has 1 aliphatic carbocycles. The third-order valence-electron chi connectivity index (χ3n) is 6.80. The highest BCUT2D eigenvalue weighted by atomic mass is 16.6. The van der Waals surface area contributed by atoms with Crippen molar-refractivity contribution in [3.05, 3.63) is 35.5 Å². The van der Waals surface area contributed by atoms with Crippen molar-refractivity contribution in [2.75, 3.05) is 0 Å². The molecule has 1 saturated heterocycles. The molecule has 0 amide bonds. The Morgan fingerprint density at radius 1 is 1.19 bits per heavy atom. The molecule has 1 aliphatic heterocycles. The summed E-state index contributed by atoms with van der Waals surface area (Å²) in [6.45, 7) is 15.9. The lowest BCUT2D eigenvalue weighted by atomic mass is 9.75. The van der Waals surface area contributed by atoms with Gasteiger partial charge in [-0.2, -0.15) is 0 Å². The molecule has 7 nitrogen and oxygen atoms in total. The molecule has 2 unspecified atom stereocenters. The maximum absolute atomic E-state index is 12.3. The number of aliphatic hydroxyl groups excluding tert-OH is 1. The van der Waals surface area contributed by atoms with Crippen LogP contribution in [0.5, 0.6) is 0 Å². The first-order chi connectivity index (χ1) is 14.7. The summed E-state index contributed by atoms with van der Waals surface area (Å²) in [7, 11) is 0. The zero-order valence-corrected chi connectivity index (χ0v) is 20.3. The van der Waals surface area contributed by atoms with E-state index in [0.29, 0.717) is 29.6 Å². The molecule has 2 aliphatic rings. The molecule has 0 radical (unpaired) electrons. The van der Waals surface area contributed by atoms with Gasteiger partial charge in [-0.3, -0.25) is 0 Å². The maximum Gasteiger partial charge on any atom is 0.333 e. The van der Waals surface area contributed by atoms with Gasteiger partial charge in [-0.25, -0.2) is 9.59 Å². The Labute approximate surface area is 191 Å². The number of ether oxygens (including phenoxy) is 3. The van der Waals surface area contributed by atoms with Crippen molar-refractivity contribution >= 4 is 11.9 Å². The number of carbonyl (C=O) groups is 2. The number of hydrogen-bond donors (Lipinski definition) is 2. The molecule has 6 atom stereocenters. The van der Waals surface area contributed by atoms with E-state index < -0.39 is 35.5 Å². The van der Waals surface area contributed by atoms with E-state index in [-0.39, 0.29) is 24.4 Å². The lowest BCUT2D eigenvalue weighted by molar-refractivity contribution is -0.160. The Hall–Kier alpha value is -1.96. The van der Waals surface area contributed by atoms with Gasteiger partial charge in [0.05, 0.1) is 17.8 Å². The van der Waals surface area contributed by atoms with E-state index in [1.807, 2.05) is 6.92 Å². The maximum atomic E-state index is 12.3. The third-order valence-corrected chi connectivity index (χ3v) is 6.80. The van der Waals surface area contributed by atoms with Crippen LogP contribution in [0.25, 0.3) is 0 Å². The van der Waals surface area contributed by atoms with Crippen LogP contribution in [0.2, 0.25) is 0 Å². The van der Waals surface area contributed by atoms with Crippen LogP contribution in [0.15, 0.2) is 35.5 Å². The van der Waals surface area contributed by atoms with Crippen LogP contribution >= 0.6 is 0 Å². The quantitative estimate of drug-likeness (QED) is 0.240. The highest BCUT2D eigenvalue weighted by Gasteiger charge is 2.63. The summed E-state index contributed by atoms with van der Waals surface area (Å²) >= 11 is 0. The van der Waals surface area contributed by atoms with Crippen molar-refractivity contribution in [1.82, 2.24) is 0 Å². The van der Waals surface area contributed by atoms with Crippen molar-refractivity contribution in [2.45, 2.75) is 103 Å². The molecule has 1 saturated carbocycles. The van der Waals surface area contributed by atoms with Crippen LogP contribution < -0.4 is 0 Å². The number of epoxide rings is 1. The van der Waals surface area contributed by atoms with Gasteiger partial charge in [0.25, 0.3) is 0 Å². The summed E-state index contributed by atoms with van der Waals surface area (Å²) in [6, 6.07) is 0. The lowest BCUT2D eigenvalue weighted by Crippen LogP contribution is -2.44. The fraction of sp³-hybridized carbons (Fsp3) is 0.680. The topological polar surface area (TPSA) is 106 Å². The van der Waals surface area contributed by atoms with Crippen molar-refractivity contribution in [3.63, 3.8) is 0 Å². The second-order valence-corrected chi connectivity index (χ2v) is 9.67. The Morgan fingerprint density at radius 3 is 2.28 bits per heavy atom. The van der Waals surface area contributed by atoms with E-state index in [9.17, 15) is 19.8 Å². The summed E-state index contributed by atoms with van der Waals surface area (Å²) in [5, 5.41) is 21.4.